The summed E-state index contributed by atoms with van der Waals surface area (Å²) < 4.78 is 0. The van der Waals surface area contributed by atoms with Crippen molar-refractivity contribution >= 4 is 17.5 Å². The molecule has 30 heavy (non-hydrogen) atoms. The number of carbonyl (C=O) groups is 2. The highest BCUT2D eigenvalue weighted by Crippen LogP contribution is 2.54. The number of phenols is 1. The van der Waals surface area contributed by atoms with Crippen molar-refractivity contribution in [1.29, 1.82) is 0 Å². The summed E-state index contributed by atoms with van der Waals surface area (Å²) in [7, 11) is 0. The Morgan fingerprint density at radius 2 is 1.93 bits per heavy atom. The van der Waals surface area contributed by atoms with Crippen molar-refractivity contribution in [2.45, 2.75) is 24.3 Å². The van der Waals surface area contributed by atoms with Crippen LogP contribution >= 0.6 is 0 Å². The molecule has 2 amide bonds. The van der Waals surface area contributed by atoms with E-state index in [0.29, 0.717) is 18.5 Å². The van der Waals surface area contributed by atoms with E-state index in [4.69, 9.17) is 0 Å². The molecule has 1 spiro atoms. The number of hydrogen-bond donors (Lipinski definition) is 2. The molecule has 5 rings (SSSR count). The van der Waals surface area contributed by atoms with Crippen molar-refractivity contribution in [2.24, 2.45) is 0 Å². The largest absolute Gasteiger partial charge is 0.508 e. The Kier molecular flexibility index (Phi) is 4.28. The second-order valence-electron chi connectivity index (χ2n) is 7.80. The molecular weight excluding hydrogens is 378 g/mol. The molecule has 150 valence electrons. The molecule has 2 aliphatic heterocycles. The Bertz CT molecular complexity index is 1130. The van der Waals surface area contributed by atoms with Gasteiger partial charge in [0, 0.05) is 30.2 Å². The van der Waals surface area contributed by atoms with E-state index in [-0.39, 0.29) is 24.0 Å². The van der Waals surface area contributed by atoms with Gasteiger partial charge in [0.25, 0.3) is 0 Å². The molecule has 0 bridgehead atoms. The van der Waals surface area contributed by atoms with E-state index in [0.717, 1.165) is 16.8 Å². The van der Waals surface area contributed by atoms with Gasteiger partial charge in [0.15, 0.2) is 0 Å². The summed E-state index contributed by atoms with van der Waals surface area (Å²) in [6, 6.07) is 17.8. The van der Waals surface area contributed by atoms with Crippen LogP contribution < -0.4 is 5.32 Å². The van der Waals surface area contributed by atoms with Crippen molar-refractivity contribution < 1.29 is 14.7 Å². The maximum absolute atomic E-state index is 13.4. The van der Waals surface area contributed by atoms with E-state index in [9.17, 15) is 14.7 Å². The number of pyridine rings is 1. The Hall–Kier alpha value is -3.67. The number of benzene rings is 2. The summed E-state index contributed by atoms with van der Waals surface area (Å²) in [6.45, 7) is 0.452. The number of anilines is 1. The number of para-hydroxylation sites is 2. The van der Waals surface area contributed by atoms with Crippen molar-refractivity contribution in [2.75, 3.05) is 11.9 Å². The summed E-state index contributed by atoms with van der Waals surface area (Å²) in [5, 5.41) is 13.1. The molecule has 6 nitrogen and oxygen atoms in total. The molecule has 2 N–H and O–H groups in total. The number of rotatable bonds is 3. The van der Waals surface area contributed by atoms with E-state index in [2.05, 4.69) is 10.3 Å². The van der Waals surface area contributed by atoms with Gasteiger partial charge in [0.1, 0.15) is 11.2 Å². The van der Waals surface area contributed by atoms with Gasteiger partial charge in [0.05, 0.1) is 12.5 Å². The Labute approximate surface area is 174 Å². The SMILES string of the molecule is O=C(Cc1ccccc1O)N1CCC2(C(=O)Nc3ccccc32)C1c1cccnc1. The predicted molar refractivity (Wildman–Crippen MR) is 112 cm³/mol. The van der Waals surface area contributed by atoms with E-state index >= 15 is 0 Å². The number of carbonyl (C=O) groups excluding carboxylic acids is 2. The number of likely N-dealkylation sites (tertiary alicyclic amines) is 1. The minimum absolute atomic E-state index is 0.0722. The molecule has 3 heterocycles. The van der Waals surface area contributed by atoms with Gasteiger partial charge < -0.3 is 15.3 Å². The lowest BCUT2D eigenvalue weighted by Gasteiger charge is -2.34. The van der Waals surface area contributed by atoms with Crippen LogP contribution in [0.1, 0.15) is 29.2 Å². The normalized spacial score (nSPS) is 22.2. The predicted octanol–water partition coefficient (Wildman–Crippen LogP) is 3.19. The lowest BCUT2D eigenvalue weighted by Crippen LogP contribution is -2.43. The van der Waals surface area contributed by atoms with Crippen LogP contribution in [0.3, 0.4) is 0 Å². The van der Waals surface area contributed by atoms with Crippen LogP contribution in [0, 0.1) is 0 Å². The molecule has 3 aromatic rings. The standard InChI is InChI=1S/C24H21N3O3/c28-20-10-4-1-6-16(20)14-21(29)27-13-11-24(22(27)17-7-5-12-25-15-17)18-8-2-3-9-19(18)26-23(24)30/h1-10,12,15,22,28H,11,13-14H2,(H,26,30). The number of amides is 2. The fraction of sp³-hybridized carbons (Fsp3) is 0.208. The molecule has 1 fully saturated rings. The highest BCUT2D eigenvalue weighted by molar-refractivity contribution is 6.07. The third kappa shape index (κ3) is 2.68. The maximum Gasteiger partial charge on any atom is 0.237 e. The van der Waals surface area contributed by atoms with Gasteiger partial charge in [-0.1, -0.05) is 42.5 Å². The zero-order chi connectivity index (χ0) is 20.7. The van der Waals surface area contributed by atoms with Crippen molar-refractivity contribution in [3.8, 4) is 5.75 Å². The molecule has 0 saturated carbocycles. The zero-order valence-corrected chi connectivity index (χ0v) is 16.3. The van der Waals surface area contributed by atoms with Gasteiger partial charge >= 0.3 is 0 Å². The van der Waals surface area contributed by atoms with E-state index < -0.39 is 11.5 Å². The van der Waals surface area contributed by atoms with Crippen LogP contribution in [0.5, 0.6) is 5.75 Å². The summed E-state index contributed by atoms with van der Waals surface area (Å²) in [5.74, 6) is -0.114. The zero-order valence-electron chi connectivity index (χ0n) is 16.3. The second kappa shape index (κ2) is 6.99. The first-order valence-corrected chi connectivity index (χ1v) is 9.98. The topological polar surface area (TPSA) is 82.5 Å². The summed E-state index contributed by atoms with van der Waals surface area (Å²) >= 11 is 0. The van der Waals surface area contributed by atoms with Crippen LogP contribution in [-0.2, 0) is 21.4 Å². The Morgan fingerprint density at radius 3 is 2.73 bits per heavy atom. The summed E-state index contributed by atoms with van der Waals surface area (Å²) in [4.78, 5) is 32.7. The summed E-state index contributed by atoms with van der Waals surface area (Å²) in [5.41, 5.74) is 2.26. The van der Waals surface area contributed by atoms with Crippen LogP contribution in [0.4, 0.5) is 5.69 Å². The van der Waals surface area contributed by atoms with E-state index in [1.165, 1.54) is 0 Å². The lowest BCUT2D eigenvalue weighted by atomic mass is 9.73. The van der Waals surface area contributed by atoms with Gasteiger partial charge in [-0.15, -0.1) is 0 Å². The number of phenolic OH excluding ortho intramolecular Hbond substituents is 1. The highest BCUT2D eigenvalue weighted by Gasteiger charge is 2.59. The minimum atomic E-state index is -0.853. The quantitative estimate of drug-likeness (QED) is 0.709. The molecule has 2 aliphatic rings. The van der Waals surface area contributed by atoms with Gasteiger partial charge in [-0.05, 0) is 35.7 Å². The molecule has 1 saturated heterocycles. The highest BCUT2D eigenvalue weighted by atomic mass is 16.3. The van der Waals surface area contributed by atoms with Crippen LogP contribution in [0.25, 0.3) is 0 Å². The van der Waals surface area contributed by atoms with Gasteiger partial charge in [0.2, 0.25) is 11.8 Å². The molecule has 2 atom stereocenters. The molecule has 2 unspecified atom stereocenters. The first-order chi connectivity index (χ1) is 14.6. The number of hydrogen-bond acceptors (Lipinski definition) is 4. The van der Waals surface area contributed by atoms with Gasteiger partial charge in [-0.2, -0.15) is 0 Å². The van der Waals surface area contributed by atoms with E-state index in [1.807, 2.05) is 36.4 Å². The first kappa shape index (κ1) is 18.4. The van der Waals surface area contributed by atoms with Gasteiger partial charge in [-0.25, -0.2) is 0 Å². The maximum atomic E-state index is 13.4. The molecule has 6 heteroatoms. The van der Waals surface area contributed by atoms with Crippen molar-refractivity contribution in [3.05, 3.63) is 89.7 Å². The molecule has 2 aromatic carbocycles. The molecule has 0 radical (unpaired) electrons. The third-order valence-electron chi connectivity index (χ3n) is 6.24. The molecular formula is C24H21N3O3. The Morgan fingerprint density at radius 1 is 1.13 bits per heavy atom. The second-order valence-corrected chi connectivity index (χ2v) is 7.80. The smallest absolute Gasteiger partial charge is 0.237 e. The number of nitrogens with one attached hydrogen (secondary N) is 1. The van der Waals surface area contributed by atoms with Crippen LogP contribution in [-0.4, -0.2) is 33.3 Å². The summed E-state index contributed by atoms with van der Waals surface area (Å²) in [6.07, 6.45) is 4.01. The number of nitrogens with zero attached hydrogens (tertiary/aromatic N) is 2. The molecule has 0 aliphatic carbocycles. The number of fused-ring (bicyclic) bond motifs is 2. The molecule has 1 aromatic heterocycles. The lowest BCUT2D eigenvalue weighted by molar-refractivity contribution is -0.132. The van der Waals surface area contributed by atoms with Crippen LogP contribution in [0.15, 0.2) is 73.1 Å². The van der Waals surface area contributed by atoms with Crippen molar-refractivity contribution in [1.82, 2.24) is 9.88 Å². The number of aromatic hydroxyl groups is 1. The monoisotopic (exact) mass is 399 g/mol. The first-order valence-electron chi connectivity index (χ1n) is 9.98. The average molecular weight is 399 g/mol. The fourth-order valence-electron chi connectivity index (χ4n) is 4.88. The minimum Gasteiger partial charge on any atom is -0.508 e. The average Bonchev–Trinajstić information content (AvgIpc) is 3.30. The van der Waals surface area contributed by atoms with E-state index in [1.54, 1.807) is 41.6 Å². The third-order valence-corrected chi connectivity index (χ3v) is 6.24. The van der Waals surface area contributed by atoms with Crippen molar-refractivity contribution in [3.63, 3.8) is 0 Å². The number of aromatic nitrogens is 1. The van der Waals surface area contributed by atoms with Gasteiger partial charge in [-0.3, -0.25) is 14.6 Å². The fourth-order valence-corrected chi connectivity index (χ4v) is 4.88. The Balaban J connectivity index is 1.59. The van der Waals surface area contributed by atoms with Crippen LogP contribution in [0.2, 0.25) is 0 Å².